The van der Waals surface area contributed by atoms with Gasteiger partial charge in [-0.15, -0.1) is 0 Å². The summed E-state index contributed by atoms with van der Waals surface area (Å²) in [6.07, 6.45) is 22.3. The minimum absolute atomic E-state index is 0.571. The van der Waals surface area contributed by atoms with Crippen LogP contribution in [-0.2, 0) is 0 Å². The number of rotatable bonds is 11. The molecule has 0 atom stereocenters. The second-order valence-corrected chi connectivity index (χ2v) is 9.19. The van der Waals surface area contributed by atoms with Gasteiger partial charge in [0.1, 0.15) is 0 Å². The molecule has 0 radical (unpaired) electrons. The van der Waals surface area contributed by atoms with Gasteiger partial charge in [0.15, 0.2) is 0 Å². The van der Waals surface area contributed by atoms with Gasteiger partial charge in [-0.25, -0.2) is 0 Å². The zero-order valence-electron chi connectivity index (χ0n) is 17.2. The van der Waals surface area contributed by atoms with Crippen molar-refractivity contribution in [3.63, 3.8) is 0 Å². The fourth-order valence-electron chi connectivity index (χ4n) is 5.54. The van der Waals surface area contributed by atoms with Crippen molar-refractivity contribution in [3.8, 4) is 0 Å². The Bertz CT molecular complexity index is 370. The van der Waals surface area contributed by atoms with Crippen LogP contribution >= 0.6 is 0 Å². The van der Waals surface area contributed by atoms with E-state index in [1.54, 1.807) is 0 Å². The zero-order valence-corrected chi connectivity index (χ0v) is 17.2. The summed E-state index contributed by atoms with van der Waals surface area (Å²) in [7, 11) is 0. The second kappa shape index (κ2) is 12.9. The van der Waals surface area contributed by atoms with Crippen molar-refractivity contribution in [1.29, 1.82) is 0 Å². The lowest BCUT2D eigenvalue weighted by molar-refractivity contribution is 0.140. The maximum absolute atomic E-state index is 12.1. The molecule has 0 unspecified atom stereocenters. The molecule has 0 spiro atoms. The van der Waals surface area contributed by atoms with Crippen LogP contribution in [0.15, 0.2) is 12.2 Å². The van der Waals surface area contributed by atoms with Gasteiger partial charge >= 0.3 is 0 Å². The third kappa shape index (κ3) is 8.53. The van der Waals surface area contributed by atoms with E-state index in [1.165, 1.54) is 96.3 Å². The van der Waals surface area contributed by atoms with Crippen LogP contribution in [0, 0.1) is 23.7 Å². The van der Waals surface area contributed by atoms with E-state index < -0.39 is 6.08 Å². The maximum atomic E-state index is 12.1. The first kappa shape index (κ1) is 21.9. The molecule has 0 heterocycles. The summed E-state index contributed by atoms with van der Waals surface area (Å²) in [5.74, 6) is 3.62. The molecular formula is C24H42F2. The molecule has 152 valence electrons. The molecule has 2 heteroatoms. The summed E-state index contributed by atoms with van der Waals surface area (Å²) in [6, 6.07) is 0. The van der Waals surface area contributed by atoms with E-state index in [4.69, 9.17) is 0 Å². The molecule has 0 N–H and O–H groups in total. The Hall–Kier alpha value is -0.400. The minimum Gasteiger partial charge on any atom is -0.174 e. The summed E-state index contributed by atoms with van der Waals surface area (Å²) in [5, 5.41) is 0. The van der Waals surface area contributed by atoms with E-state index in [0.29, 0.717) is 12.3 Å². The Kier molecular flexibility index (Phi) is 10.9. The van der Waals surface area contributed by atoms with Crippen LogP contribution in [0.25, 0.3) is 0 Å². The van der Waals surface area contributed by atoms with Crippen LogP contribution in [0.4, 0.5) is 8.78 Å². The van der Waals surface area contributed by atoms with E-state index in [-0.39, 0.29) is 0 Å². The maximum Gasteiger partial charge on any atom is 0.266 e. The predicted octanol–water partition coefficient (Wildman–Crippen LogP) is 8.91. The highest BCUT2D eigenvalue weighted by atomic mass is 19.3. The summed E-state index contributed by atoms with van der Waals surface area (Å²) in [6.45, 7) is 2.29. The summed E-state index contributed by atoms with van der Waals surface area (Å²) in [5.41, 5.74) is 0. The normalized spacial score (nSPS) is 29.5. The third-order valence-electron chi connectivity index (χ3n) is 7.29. The molecule has 0 aromatic rings. The van der Waals surface area contributed by atoms with Gasteiger partial charge in [-0.1, -0.05) is 77.6 Å². The van der Waals surface area contributed by atoms with Gasteiger partial charge in [0, 0.05) is 0 Å². The van der Waals surface area contributed by atoms with Crippen molar-refractivity contribution in [2.45, 2.75) is 116 Å². The fourth-order valence-corrected chi connectivity index (χ4v) is 5.54. The molecule has 2 fully saturated rings. The molecule has 0 bridgehead atoms. The lowest BCUT2D eigenvalue weighted by atomic mass is 9.68. The fraction of sp³-hybridized carbons (Fsp3) is 0.917. The molecule has 2 aliphatic rings. The van der Waals surface area contributed by atoms with Crippen molar-refractivity contribution in [3.05, 3.63) is 12.2 Å². The standard InChI is InChI=1S/C24H42F2/c1-2-3-4-5-6-7-9-20-12-16-22(17-13-20)23-18-14-21(15-19-23)10-8-11-24(25)26/h11,20-23H,2-10,12-19H2,1H3. The first-order valence-electron chi connectivity index (χ1n) is 11.7. The molecule has 0 amide bonds. The Labute approximate surface area is 161 Å². The summed E-state index contributed by atoms with van der Waals surface area (Å²) >= 11 is 0. The molecule has 0 aromatic carbocycles. The molecule has 0 saturated heterocycles. The lowest BCUT2D eigenvalue weighted by Gasteiger charge is -2.38. The van der Waals surface area contributed by atoms with E-state index in [2.05, 4.69) is 6.92 Å². The Morgan fingerprint density at radius 3 is 1.73 bits per heavy atom. The largest absolute Gasteiger partial charge is 0.266 e. The van der Waals surface area contributed by atoms with Crippen LogP contribution in [0.3, 0.4) is 0 Å². The van der Waals surface area contributed by atoms with Crippen molar-refractivity contribution >= 4 is 0 Å². The van der Waals surface area contributed by atoms with Gasteiger partial charge in [0.2, 0.25) is 0 Å². The molecule has 2 aliphatic carbocycles. The average molecular weight is 369 g/mol. The summed E-state index contributed by atoms with van der Waals surface area (Å²) in [4.78, 5) is 0. The van der Waals surface area contributed by atoms with Crippen LogP contribution in [-0.4, -0.2) is 0 Å². The molecule has 2 saturated carbocycles. The summed E-state index contributed by atoms with van der Waals surface area (Å²) < 4.78 is 24.3. The molecule has 0 aromatic heterocycles. The SMILES string of the molecule is CCCCCCCCC1CCC(C2CCC(CCC=C(F)F)CC2)CC1. The second-order valence-electron chi connectivity index (χ2n) is 9.19. The first-order chi connectivity index (χ1) is 12.7. The van der Waals surface area contributed by atoms with Crippen LogP contribution in [0.2, 0.25) is 0 Å². The quantitative estimate of drug-likeness (QED) is 0.319. The average Bonchev–Trinajstić information content (AvgIpc) is 2.65. The Morgan fingerprint density at radius 1 is 0.692 bits per heavy atom. The van der Waals surface area contributed by atoms with Gasteiger partial charge in [-0.05, 0) is 68.3 Å². The number of allylic oxidation sites excluding steroid dienone is 1. The molecule has 0 nitrogen and oxygen atoms in total. The smallest absolute Gasteiger partial charge is 0.174 e. The predicted molar refractivity (Wildman–Crippen MR) is 108 cm³/mol. The highest BCUT2D eigenvalue weighted by molar-refractivity contribution is 4.85. The third-order valence-corrected chi connectivity index (χ3v) is 7.29. The topological polar surface area (TPSA) is 0 Å². The molecule has 2 rings (SSSR count). The molecule has 0 aliphatic heterocycles. The van der Waals surface area contributed by atoms with E-state index in [1.807, 2.05) is 0 Å². The number of hydrogen-bond donors (Lipinski definition) is 0. The Balaban J connectivity index is 1.53. The Morgan fingerprint density at radius 2 is 1.19 bits per heavy atom. The minimum atomic E-state index is -1.50. The van der Waals surface area contributed by atoms with Crippen LogP contribution < -0.4 is 0 Å². The highest BCUT2D eigenvalue weighted by Crippen LogP contribution is 2.43. The van der Waals surface area contributed by atoms with E-state index >= 15 is 0 Å². The van der Waals surface area contributed by atoms with Gasteiger partial charge in [0.05, 0.1) is 0 Å². The van der Waals surface area contributed by atoms with Crippen molar-refractivity contribution in [1.82, 2.24) is 0 Å². The number of halogens is 2. The van der Waals surface area contributed by atoms with E-state index in [0.717, 1.165) is 30.3 Å². The lowest BCUT2D eigenvalue weighted by Crippen LogP contribution is -2.25. The molecular weight excluding hydrogens is 326 g/mol. The number of hydrogen-bond acceptors (Lipinski definition) is 0. The highest BCUT2D eigenvalue weighted by Gasteiger charge is 2.30. The van der Waals surface area contributed by atoms with Gasteiger partial charge < -0.3 is 0 Å². The van der Waals surface area contributed by atoms with Crippen molar-refractivity contribution < 1.29 is 8.78 Å². The van der Waals surface area contributed by atoms with Crippen LogP contribution in [0.5, 0.6) is 0 Å². The number of unbranched alkanes of at least 4 members (excludes halogenated alkanes) is 5. The zero-order chi connectivity index (χ0) is 18.6. The molecule has 26 heavy (non-hydrogen) atoms. The monoisotopic (exact) mass is 368 g/mol. The van der Waals surface area contributed by atoms with Gasteiger partial charge in [-0.2, -0.15) is 8.78 Å². The van der Waals surface area contributed by atoms with Crippen molar-refractivity contribution in [2.24, 2.45) is 23.7 Å². The van der Waals surface area contributed by atoms with E-state index in [9.17, 15) is 8.78 Å². The van der Waals surface area contributed by atoms with Crippen molar-refractivity contribution in [2.75, 3.05) is 0 Å². The van der Waals surface area contributed by atoms with Gasteiger partial charge in [0.25, 0.3) is 6.08 Å². The van der Waals surface area contributed by atoms with Crippen LogP contribution in [0.1, 0.15) is 116 Å². The first-order valence-corrected chi connectivity index (χ1v) is 11.7. The van der Waals surface area contributed by atoms with Gasteiger partial charge in [-0.3, -0.25) is 0 Å².